The lowest BCUT2D eigenvalue weighted by molar-refractivity contribution is 0.0697. The van der Waals surface area contributed by atoms with E-state index >= 15 is 0 Å². The Kier molecular flexibility index (Phi) is 6.41. The molecule has 0 spiro atoms. The Balaban J connectivity index is 1.52. The highest BCUT2D eigenvalue weighted by atomic mass is 19.1. The van der Waals surface area contributed by atoms with Crippen LogP contribution in [0.2, 0.25) is 0 Å². The van der Waals surface area contributed by atoms with E-state index in [9.17, 15) is 9.18 Å². The molecule has 1 aromatic heterocycles. The van der Waals surface area contributed by atoms with Crippen LogP contribution in [0.15, 0.2) is 90.6 Å². The second-order valence-corrected chi connectivity index (χ2v) is 7.24. The van der Waals surface area contributed by atoms with E-state index < -0.39 is 5.97 Å². The number of nitrogens with zero attached hydrogens (tertiary/aromatic N) is 1. The normalized spacial score (nSPS) is 11.3. The number of pyridine rings is 1. The number of fused-ring (bicyclic) bond motifs is 1. The summed E-state index contributed by atoms with van der Waals surface area (Å²) in [6.07, 6.45) is 3.72. The van der Waals surface area contributed by atoms with E-state index in [1.54, 1.807) is 42.6 Å². The zero-order valence-electron chi connectivity index (χ0n) is 17.2. The Morgan fingerprint density at radius 3 is 2.53 bits per heavy atom. The Morgan fingerprint density at radius 2 is 1.78 bits per heavy atom. The molecule has 3 aromatic carbocycles. The summed E-state index contributed by atoms with van der Waals surface area (Å²) in [7, 11) is 0. The molecule has 0 unspecified atom stereocenters. The average molecular weight is 428 g/mol. The molecule has 0 atom stereocenters. The number of aromatic nitrogens is 1. The minimum absolute atomic E-state index is 0.228. The van der Waals surface area contributed by atoms with E-state index in [1.807, 2.05) is 36.4 Å². The fraction of sp³-hybridized carbons (Fsp3) is 0.0769. The van der Waals surface area contributed by atoms with Crippen LogP contribution in [-0.2, 0) is 0 Å². The number of carbonyl (C=O) groups is 1. The number of hydrogen-bond acceptors (Lipinski definition) is 4. The number of rotatable bonds is 8. The minimum atomic E-state index is -0.967. The second kappa shape index (κ2) is 9.75. The number of anilines is 1. The van der Waals surface area contributed by atoms with Gasteiger partial charge in [-0.05, 0) is 59.7 Å². The maximum Gasteiger partial charge on any atom is 0.335 e. The number of halogens is 1. The van der Waals surface area contributed by atoms with Gasteiger partial charge in [0.2, 0.25) is 0 Å². The van der Waals surface area contributed by atoms with Gasteiger partial charge in [0.15, 0.2) is 0 Å². The van der Waals surface area contributed by atoms with E-state index in [0.29, 0.717) is 12.3 Å². The van der Waals surface area contributed by atoms with Crippen LogP contribution in [0.1, 0.15) is 15.9 Å². The summed E-state index contributed by atoms with van der Waals surface area (Å²) >= 11 is 0. The lowest BCUT2D eigenvalue weighted by Gasteiger charge is -2.13. The number of carboxylic acids is 1. The molecule has 0 radical (unpaired) electrons. The number of benzene rings is 3. The molecule has 4 aromatic rings. The maximum atomic E-state index is 13.2. The third kappa shape index (κ3) is 5.49. The topological polar surface area (TPSA) is 71.5 Å². The molecule has 0 saturated carbocycles. The van der Waals surface area contributed by atoms with E-state index in [-0.39, 0.29) is 18.0 Å². The summed E-state index contributed by atoms with van der Waals surface area (Å²) in [5, 5.41) is 13.5. The lowest BCUT2D eigenvalue weighted by atomic mass is 10.1. The lowest BCUT2D eigenvalue weighted by Crippen LogP contribution is -2.12. The molecule has 6 heteroatoms. The van der Waals surface area contributed by atoms with Crippen molar-refractivity contribution in [1.82, 2.24) is 4.98 Å². The molecule has 0 aliphatic carbocycles. The van der Waals surface area contributed by atoms with Crippen LogP contribution in [0.3, 0.4) is 0 Å². The molecule has 4 rings (SSSR count). The van der Waals surface area contributed by atoms with Gasteiger partial charge in [0, 0.05) is 11.9 Å². The van der Waals surface area contributed by atoms with Gasteiger partial charge in [0.05, 0.1) is 23.0 Å². The predicted octanol–water partition coefficient (Wildman–Crippen LogP) is 5.65. The highest BCUT2D eigenvalue weighted by Crippen LogP contribution is 2.18. The molecule has 5 nitrogen and oxygen atoms in total. The third-order valence-corrected chi connectivity index (χ3v) is 4.88. The van der Waals surface area contributed by atoms with Crippen LogP contribution in [0, 0.1) is 5.82 Å². The first-order chi connectivity index (χ1) is 15.6. The van der Waals surface area contributed by atoms with Gasteiger partial charge in [-0.1, -0.05) is 36.4 Å². The second-order valence-electron chi connectivity index (χ2n) is 7.24. The molecule has 0 bridgehead atoms. The summed E-state index contributed by atoms with van der Waals surface area (Å²) in [4.78, 5) is 15.6. The van der Waals surface area contributed by atoms with Gasteiger partial charge in [0.25, 0.3) is 0 Å². The molecule has 0 fully saturated rings. The number of carboxylic acid groups (broad SMARTS) is 1. The monoisotopic (exact) mass is 428 g/mol. The summed E-state index contributed by atoms with van der Waals surface area (Å²) in [6, 6.07) is 22.4. The van der Waals surface area contributed by atoms with E-state index in [1.165, 1.54) is 12.1 Å². The van der Waals surface area contributed by atoms with Crippen LogP contribution >= 0.6 is 0 Å². The fourth-order valence-electron chi connectivity index (χ4n) is 3.19. The summed E-state index contributed by atoms with van der Waals surface area (Å²) in [5.74, 6) is -0.728. The zero-order chi connectivity index (χ0) is 22.3. The van der Waals surface area contributed by atoms with Gasteiger partial charge in [-0.2, -0.15) is 0 Å². The van der Waals surface area contributed by atoms with Crippen LogP contribution in [0.5, 0.6) is 5.75 Å². The molecule has 0 aliphatic heterocycles. The largest absolute Gasteiger partial charge is 0.489 e. The van der Waals surface area contributed by atoms with Gasteiger partial charge < -0.3 is 15.2 Å². The van der Waals surface area contributed by atoms with E-state index in [4.69, 9.17) is 9.84 Å². The van der Waals surface area contributed by atoms with Crippen molar-refractivity contribution in [3.05, 3.63) is 108 Å². The van der Waals surface area contributed by atoms with Crippen molar-refractivity contribution in [2.45, 2.75) is 0 Å². The molecular formula is C26H21FN2O3. The van der Waals surface area contributed by atoms with Crippen molar-refractivity contribution in [3.8, 4) is 5.75 Å². The smallest absolute Gasteiger partial charge is 0.335 e. The van der Waals surface area contributed by atoms with Crippen molar-refractivity contribution in [3.63, 3.8) is 0 Å². The predicted molar refractivity (Wildman–Crippen MR) is 124 cm³/mol. The summed E-state index contributed by atoms with van der Waals surface area (Å²) < 4.78 is 19.0. The Labute approximate surface area is 184 Å². The van der Waals surface area contributed by atoms with Gasteiger partial charge in [-0.25, -0.2) is 9.18 Å². The SMILES string of the molecule is O=C(O)c1ccc(C=C(CNc2cnc3ccccc3c2)COc2ccc(F)cc2)cc1. The maximum absolute atomic E-state index is 13.2. The van der Waals surface area contributed by atoms with Gasteiger partial charge in [-0.3, -0.25) is 4.98 Å². The highest BCUT2D eigenvalue weighted by molar-refractivity contribution is 5.87. The number of hydrogen-bond donors (Lipinski definition) is 2. The molecule has 0 amide bonds. The fourth-order valence-corrected chi connectivity index (χ4v) is 3.19. The van der Waals surface area contributed by atoms with Gasteiger partial charge in [0.1, 0.15) is 18.2 Å². The first-order valence-electron chi connectivity index (χ1n) is 10.1. The number of aromatic carboxylic acids is 1. The first-order valence-corrected chi connectivity index (χ1v) is 10.1. The Bertz CT molecular complexity index is 1250. The zero-order valence-corrected chi connectivity index (χ0v) is 17.2. The molecule has 0 saturated heterocycles. The molecular weight excluding hydrogens is 407 g/mol. The van der Waals surface area contributed by atoms with Gasteiger partial charge >= 0.3 is 5.97 Å². The molecule has 0 aliphatic rings. The van der Waals surface area contributed by atoms with Crippen molar-refractivity contribution < 1.29 is 19.0 Å². The third-order valence-electron chi connectivity index (χ3n) is 4.88. The van der Waals surface area contributed by atoms with Gasteiger partial charge in [-0.15, -0.1) is 0 Å². The summed E-state index contributed by atoms with van der Waals surface area (Å²) in [5.41, 5.74) is 3.80. The van der Waals surface area contributed by atoms with Crippen molar-refractivity contribution in [2.24, 2.45) is 0 Å². The van der Waals surface area contributed by atoms with Crippen LogP contribution in [-0.4, -0.2) is 29.2 Å². The Hall–Kier alpha value is -4.19. The Morgan fingerprint density at radius 1 is 1.03 bits per heavy atom. The van der Waals surface area contributed by atoms with Crippen LogP contribution in [0.25, 0.3) is 17.0 Å². The standard InChI is InChI=1S/C26H21FN2O3/c27-22-9-11-24(12-10-22)32-17-19(13-18-5-7-20(8-6-18)26(30)31)15-28-23-14-21-3-1-2-4-25(21)29-16-23/h1-14,16,28H,15,17H2,(H,30,31). The molecule has 32 heavy (non-hydrogen) atoms. The first kappa shape index (κ1) is 21.1. The van der Waals surface area contributed by atoms with E-state index in [0.717, 1.165) is 27.7 Å². The van der Waals surface area contributed by atoms with Crippen LogP contribution in [0.4, 0.5) is 10.1 Å². The number of ether oxygens (including phenoxy) is 1. The number of para-hydroxylation sites is 1. The molecule has 160 valence electrons. The van der Waals surface area contributed by atoms with Crippen LogP contribution < -0.4 is 10.1 Å². The highest BCUT2D eigenvalue weighted by Gasteiger charge is 2.05. The minimum Gasteiger partial charge on any atom is -0.489 e. The van der Waals surface area contributed by atoms with Crippen molar-refractivity contribution in [1.29, 1.82) is 0 Å². The molecule has 2 N–H and O–H groups in total. The average Bonchev–Trinajstić information content (AvgIpc) is 2.82. The molecule has 1 heterocycles. The quantitative estimate of drug-likeness (QED) is 0.380. The number of nitrogens with one attached hydrogen (secondary N) is 1. The van der Waals surface area contributed by atoms with E-state index in [2.05, 4.69) is 10.3 Å². The summed E-state index contributed by atoms with van der Waals surface area (Å²) in [6.45, 7) is 0.766. The van der Waals surface area contributed by atoms with Crippen molar-refractivity contribution >= 4 is 28.6 Å². The van der Waals surface area contributed by atoms with Crippen molar-refractivity contribution in [2.75, 3.05) is 18.5 Å².